The topological polar surface area (TPSA) is 162 Å². The highest BCUT2D eigenvalue weighted by atomic mass is 32.2. The number of carbonyl (C=O) groups is 2. The Kier molecular flexibility index (Phi) is 9.41. The second-order valence-corrected chi connectivity index (χ2v) is 16.9. The van der Waals surface area contributed by atoms with Gasteiger partial charge < -0.3 is 48.0 Å². The molecule has 0 saturated carbocycles. The minimum absolute atomic E-state index is 0.00770. The second-order valence-electron chi connectivity index (χ2n) is 15.8. The number of aliphatic hydroxyl groups is 1. The zero-order chi connectivity index (χ0) is 40.1. The molecule has 6 aliphatic rings. The third-order valence-electron chi connectivity index (χ3n) is 12.2. The lowest BCUT2D eigenvalue weighted by atomic mass is 9.80. The maximum atomic E-state index is 15.0. The highest BCUT2D eigenvalue weighted by Gasteiger charge is 2.59. The minimum atomic E-state index is -1.47. The number of methoxy groups -OCH3 is 2. The predicted octanol–water partition coefficient (Wildman–Crippen LogP) is 4.71. The first-order valence-corrected chi connectivity index (χ1v) is 20.2. The number of thioether (sulfide) groups is 1. The van der Waals surface area contributed by atoms with Crippen molar-refractivity contribution >= 4 is 34.7 Å². The largest absolute Gasteiger partial charge is 0.504 e. The number of esters is 2. The summed E-state index contributed by atoms with van der Waals surface area (Å²) in [4.78, 5) is 32.1. The Morgan fingerprint density at radius 1 is 1.07 bits per heavy atom. The number of fused-ring (bicyclic) bond motifs is 8. The standard InChI is InChI=1S/C42H47N3O11S/c1-19-12-22-13-28(47)45-26-16-52-41(49)42(40-25(14-23(43-42)15-50-6)24-10-8-9-11-27(24)56-40)17-57-39(33(45)32(44(4)5)29(22)34(48)35(19)51-7)31-30(26)38-37(53-18-54-38)20(2)36(31)55-21(3)46/h8-12,23,26,28,32-33,39,43,47-48H,13-18H2,1-7H3/t23-,26-,28-,32-,33+,39+,42+/m0/s1. The number of nitrogens with zero attached hydrogens (tertiary/aromatic N) is 2. The predicted molar refractivity (Wildman–Crippen MR) is 209 cm³/mol. The number of nitrogens with one attached hydrogen (secondary N) is 1. The van der Waals surface area contributed by atoms with Crippen molar-refractivity contribution < 1.29 is 52.6 Å². The molecular formula is C42H47N3O11S. The van der Waals surface area contributed by atoms with Crippen molar-refractivity contribution in [3.05, 3.63) is 75.0 Å². The van der Waals surface area contributed by atoms with Gasteiger partial charge in [0.15, 0.2) is 28.5 Å². The average Bonchev–Trinajstić information content (AvgIpc) is 3.78. The van der Waals surface area contributed by atoms with Crippen LogP contribution in [0.1, 0.15) is 69.0 Å². The average molecular weight is 802 g/mol. The second kappa shape index (κ2) is 14.1. The van der Waals surface area contributed by atoms with Gasteiger partial charge in [0.05, 0.1) is 31.1 Å². The number of hydrogen-bond donors (Lipinski definition) is 3. The molecular weight excluding hydrogens is 755 g/mol. The molecule has 1 saturated heterocycles. The number of furan rings is 1. The first-order valence-electron chi connectivity index (χ1n) is 19.1. The molecule has 57 heavy (non-hydrogen) atoms. The van der Waals surface area contributed by atoms with Crippen LogP contribution in [0.3, 0.4) is 0 Å². The first-order chi connectivity index (χ1) is 27.4. The van der Waals surface area contributed by atoms with E-state index >= 15 is 4.79 Å². The van der Waals surface area contributed by atoms with E-state index in [1.54, 1.807) is 7.11 Å². The number of hydrogen-bond acceptors (Lipinski definition) is 15. The lowest BCUT2D eigenvalue weighted by Crippen LogP contribution is -2.62. The quantitative estimate of drug-likeness (QED) is 0.188. The van der Waals surface area contributed by atoms with E-state index < -0.39 is 47.1 Å². The van der Waals surface area contributed by atoms with Crippen molar-refractivity contribution in [3.8, 4) is 28.7 Å². The van der Waals surface area contributed by atoms with Gasteiger partial charge in [-0.25, -0.2) is 4.79 Å². The van der Waals surface area contributed by atoms with Gasteiger partial charge in [-0.15, -0.1) is 11.8 Å². The van der Waals surface area contributed by atoms with Crippen LogP contribution in [0.15, 0.2) is 34.7 Å². The van der Waals surface area contributed by atoms with Crippen molar-refractivity contribution in [1.82, 2.24) is 15.1 Å². The summed E-state index contributed by atoms with van der Waals surface area (Å²) in [5, 5.41) is 28.6. The Morgan fingerprint density at radius 3 is 2.58 bits per heavy atom. The first kappa shape index (κ1) is 38.0. The molecule has 15 heteroatoms. The fourth-order valence-electron chi connectivity index (χ4n) is 10.1. The van der Waals surface area contributed by atoms with Crippen molar-refractivity contribution in [2.24, 2.45) is 0 Å². The third-order valence-corrected chi connectivity index (χ3v) is 13.7. The number of phenols is 1. The van der Waals surface area contributed by atoms with Crippen LogP contribution in [0.2, 0.25) is 0 Å². The molecule has 7 atom stereocenters. The SMILES string of the molecule is COC[C@@H]1Cc2c(oc3ccccc23)[C@@]2(CS[C@@H]3c4c(OC(C)=O)c(C)c5c(c4[C@H](COC2=O)N2[C@@H]3[C@@H](N(C)C)c3c(cc(C)c(OC)c3O)C[C@@H]2O)OCO5)N1. The zero-order valence-electron chi connectivity index (χ0n) is 33.0. The number of rotatable bonds is 5. The van der Waals surface area contributed by atoms with Crippen LogP contribution in [0, 0.1) is 13.8 Å². The summed E-state index contributed by atoms with van der Waals surface area (Å²) in [6, 6.07) is 7.44. The van der Waals surface area contributed by atoms with Gasteiger partial charge in [-0.3, -0.25) is 15.0 Å². The highest BCUT2D eigenvalue weighted by molar-refractivity contribution is 7.99. The summed E-state index contributed by atoms with van der Waals surface area (Å²) < 4.78 is 43.0. The van der Waals surface area contributed by atoms with Crippen LogP contribution in [0.4, 0.5) is 0 Å². The van der Waals surface area contributed by atoms with Gasteiger partial charge in [0, 0.05) is 71.5 Å². The minimum Gasteiger partial charge on any atom is -0.504 e. The van der Waals surface area contributed by atoms with E-state index in [1.807, 2.05) is 68.1 Å². The molecule has 3 N–H and O–H groups in total. The summed E-state index contributed by atoms with van der Waals surface area (Å²) in [7, 11) is 7.03. The van der Waals surface area contributed by atoms with Gasteiger partial charge in [-0.05, 0) is 51.6 Å². The van der Waals surface area contributed by atoms with Crippen LogP contribution in [0.25, 0.3) is 11.0 Å². The maximum Gasteiger partial charge on any atom is 0.335 e. The number of aromatic hydroxyl groups is 1. The van der Waals surface area contributed by atoms with Crippen LogP contribution < -0.4 is 24.3 Å². The smallest absolute Gasteiger partial charge is 0.335 e. The molecule has 1 aromatic heterocycles. The molecule has 14 nitrogen and oxygen atoms in total. The van der Waals surface area contributed by atoms with Crippen molar-refractivity contribution in [1.29, 1.82) is 0 Å². The van der Waals surface area contributed by atoms with Gasteiger partial charge >= 0.3 is 11.9 Å². The number of phenolic OH excluding ortho intramolecular Hbond substituents is 1. The molecule has 0 unspecified atom stereocenters. The van der Waals surface area contributed by atoms with Crippen molar-refractivity contribution in [2.75, 3.05) is 54.1 Å². The molecule has 0 amide bonds. The molecule has 0 aliphatic carbocycles. The van der Waals surface area contributed by atoms with E-state index in [1.165, 1.54) is 25.8 Å². The van der Waals surface area contributed by atoms with Crippen LogP contribution in [-0.2, 0) is 37.4 Å². The van der Waals surface area contributed by atoms with Gasteiger partial charge in [0.25, 0.3) is 0 Å². The van der Waals surface area contributed by atoms with Gasteiger partial charge in [0.1, 0.15) is 29.9 Å². The number of aryl methyl sites for hydroxylation is 1. The van der Waals surface area contributed by atoms with Crippen molar-refractivity contribution in [3.63, 3.8) is 0 Å². The lowest BCUT2D eigenvalue weighted by Gasteiger charge is -2.53. The van der Waals surface area contributed by atoms with E-state index in [2.05, 4.69) is 5.32 Å². The number of para-hydroxylation sites is 1. The summed E-state index contributed by atoms with van der Waals surface area (Å²) in [5.74, 6) is 1.08. The van der Waals surface area contributed by atoms with E-state index in [4.69, 9.17) is 32.8 Å². The molecule has 0 radical (unpaired) electrons. The number of benzene rings is 3. The Balaban J connectivity index is 1.33. The Hall–Kier alpha value is -4.51. The lowest BCUT2D eigenvalue weighted by molar-refractivity contribution is -0.159. The van der Waals surface area contributed by atoms with Crippen LogP contribution >= 0.6 is 11.8 Å². The molecule has 7 heterocycles. The number of likely N-dealkylation sites (N-methyl/N-ethyl adjacent to an activating group) is 1. The Bertz CT molecular complexity index is 2310. The van der Waals surface area contributed by atoms with E-state index in [0.29, 0.717) is 69.6 Å². The fourth-order valence-corrected chi connectivity index (χ4v) is 11.7. The molecule has 3 aromatic carbocycles. The normalized spacial score (nSPS) is 27.7. The van der Waals surface area contributed by atoms with Crippen LogP contribution in [0.5, 0.6) is 28.7 Å². The third kappa shape index (κ3) is 5.64. The molecule has 4 aromatic rings. The molecule has 6 aliphatic heterocycles. The summed E-state index contributed by atoms with van der Waals surface area (Å²) in [6.07, 6.45) is -0.395. The molecule has 1 fully saturated rings. The Labute approximate surface area is 334 Å². The van der Waals surface area contributed by atoms with Crippen LogP contribution in [-0.4, -0.2) is 104 Å². The maximum absolute atomic E-state index is 15.0. The monoisotopic (exact) mass is 801 g/mol. The number of aliphatic hydroxyl groups excluding tert-OH is 1. The summed E-state index contributed by atoms with van der Waals surface area (Å²) in [5.41, 5.74) is 4.07. The molecule has 2 bridgehead atoms. The van der Waals surface area contributed by atoms with E-state index in [0.717, 1.165) is 22.1 Å². The summed E-state index contributed by atoms with van der Waals surface area (Å²) in [6.45, 7) is 5.10. The number of ether oxygens (including phenoxy) is 6. The number of carbonyl (C=O) groups excluding carboxylic acids is 2. The molecule has 10 rings (SSSR count). The van der Waals surface area contributed by atoms with Crippen molar-refractivity contribution in [2.45, 2.75) is 74.8 Å². The van der Waals surface area contributed by atoms with Gasteiger partial charge in [0.2, 0.25) is 6.79 Å². The zero-order valence-corrected chi connectivity index (χ0v) is 33.8. The van der Waals surface area contributed by atoms with Gasteiger partial charge in [-0.1, -0.05) is 24.3 Å². The highest BCUT2D eigenvalue weighted by Crippen LogP contribution is 2.63. The Morgan fingerprint density at radius 2 is 1.84 bits per heavy atom. The molecule has 1 spiro atoms. The van der Waals surface area contributed by atoms with E-state index in [9.17, 15) is 15.0 Å². The fraction of sp³-hybridized carbons (Fsp3) is 0.476. The van der Waals surface area contributed by atoms with Gasteiger partial charge in [-0.2, -0.15) is 0 Å². The summed E-state index contributed by atoms with van der Waals surface area (Å²) >= 11 is 1.47. The van der Waals surface area contributed by atoms with E-state index in [-0.39, 0.29) is 37.4 Å². The molecule has 302 valence electrons.